The van der Waals surface area contributed by atoms with Gasteiger partial charge in [0.05, 0.1) is 42.9 Å². The molecule has 1 aromatic heterocycles. The van der Waals surface area contributed by atoms with E-state index in [0.717, 1.165) is 68.2 Å². The number of amides is 1. The highest BCUT2D eigenvalue weighted by molar-refractivity contribution is 7.89. The number of ether oxygens (including phenoxy) is 5. The van der Waals surface area contributed by atoms with Crippen LogP contribution in [0.25, 0.3) is 0 Å². The van der Waals surface area contributed by atoms with E-state index in [1.165, 1.54) is 19.6 Å². The number of hydrogen-bond donors (Lipinski definition) is 0. The number of hydrogen-bond acceptors (Lipinski definition) is 10. The summed E-state index contributed by atoms with van der Waals surface area (Å²) < 4.78 is 60.2. The van der Waals surface area contributed by atoms with Crippen LogP contribution in [0.1, 0.15) is 145 Å². The number of fused-ring (bicyclic) bond motifs is 1. The minimum absolute atomic E-state index is 0.0251. The highest BCUT2D eigenvalue weighted by Crippen LogP contribution is 2.49. The molecule has 2 unspecified atom stereocenters. The lowest BCUT2D eigenvalue weighted by Gasteiger charge is -2.35. The lowest BCUT2D eigenvalue weighted by molar-refractivity contribution is -0.0807. The van der Waals surface area contributed by atoms with Crippen molar-refractivity contribution in [3.8, 4) is 11.5 Å². The van der Waals surface area contributed by atoms with Crippen LogP contribution < -0.4 is 9.47 Å². The Balaban J connectivity index is 1.21. The maximum Gasteiger partial charge on any atom is 0.412 e. The second-order valence-corrected chi connectivity index (χ2v) is 23.5. The molecule has 0 spiro atoms. The molecule has 348 valence electrons. The zero-order valence-electron chi connectivity index (χ0n) is 39.6. The molecule has 2 aromatic carbocycles. The third kappa shape index (κ3) is 11.8. The number of thiophene rings is 1. The number of benzene rings is 2. The van der Waals surface area contributed by atoms with Crippen molar-refractivity contribution in [2.45, 2.75) is 161 Å². The van der Waals surface area contributed by atoms with Gasteiger partial charge in [-0.3, -0.25) is 4.90 Å². The van der Waals surface area contributed by atoms with Crippen molar-refractivity contribution < 1.29 is 41.7 Å². The Hall–Kier alpha value is -3.65. The largest absolute Gasteiger partial charge is 0.497 e. The van der Waals surface area contributed by atoms with Gasteiger partial charge in [0.2, 0.25) is 10.0 Å². The first-order chi connectivity index (χ1) is 29.6. The standard InChI is InChI=1S/C50H72N2O9S2/c1-12-13-27-58-46(53)44-40-29-49(7,8)26-25-43(40)62-45(44)39-16-14-15-35(39)32-59-37-19-17-34(18-20-37)28-41-42(60-50(9,10)52(41)47(54)61-48(4,5)6)31-51(30-33(2)3)63(55,56)38-23-21-36(57-11)22-24-38/h17-24,33,35,39,41-42H,12-16,25-32H2,1-11H3/t35?,39?,41-,42+/m0/s1. The van der Waals surface area contributed by atoms with Gasteiger partial charge in [-0.1, -0.05) is 59.6 Å². The summed E-state index contributed by atoms with van der Waals surface area (Å²) in [4.78, 5) is 32.1. The predicted molar refractivity (Wildman–Crippen MR) is 248 cm³/mol. The molecule has 1 saturated heterocycles. The molecule has 2 heterocycles. The van der Waals surface area contributed by atoms with Crippen LogP contribution in [0.2, 0.25) is 0 Å². The molecule has 2 aliphatic carbocycles. The van der Waals surface area contributed by atoms with Gasteiger partial charge in [-0.05, 0) is 138 Å². The highest BCUT2D eigenvalue weighted by Gasteiger charge is 2.52. The first kappa shape index (κ1) is 48.8. The lowest BCUT2D eigenvalue weighted by Crippen LogP contribution is -2.52. The number of methoxy groups -OCH3 is 1. The summed E-state index contributed by atoms with van der Waals surface area (Å²) in [5.74, 6) is 1.68. The molecule has 2 fully saturated rings. The number of rotatable bonds is 17. The number of sulfonamides is 1. The van der Waals surface area contributed by atoms with E-state index in [0.29, 0.717) is 25.4 Å². The molecule has 1 saturated carbocycles. The highest BCUT2D eigenvalue weighted by atomic mass is 32.2. The summed E-state index contributed by atoms with van der Waals surface area (Å²) >= 11 is 1.84. The monoisotopic (exact) mass is 908 g/mol. The minimum Gasteiger partial charge on any atom is -0.497 e. The van der Waals surface area contributed by atoms with Gasteiger partial charge in [0.1, 0.15) is 22.8 Å². The van der Waals surface area contributed by atoms with Crippen molar-refractivity contribution in [3.63, 3.8) is 0 Å². The average Bonchev–Trinajstić information content (AvgIpc) is 3.89. The van der Waals surface area contributed by atoms with E-state index >= 15 is 0 Å². The van der Waals surface area contributed by atoms with Gasteiger partial charge in [-0.2, -0.15) is 4.31 Å². The van der Waals surface area contributed by atoms with Gasteiger partial charge in [0.15, 0.2) is 0 Å². The van der Waals surface area contributed by atoms with E-state index in [1.54, 1.807) is 36.3 Å². The summed E-state index contributed by atoms with van der Waals surface area (Å²) in [5, 5.41) is 0. The molecule has 63 heavy (non-hydrogen) atoms. The zero-order valence-corrected chi connectivity index (χ0v) is 41.2. The van der Waals surface area contributed by atoms with E-state index in [9.17, 15) is 18.0 Å². The number of esters is 1. The van der Waals surface area contributed by atoms with Gasteiger partial charge in [-0.25, -0.2) is 18.0 Å². The van der Waals surface area contributed by atoms with Crippen LogP contribution in [0.4, 0.5) is 4.79 Å². The maximum atomic E-state index is 14.2. The fraction of sp³-hybridized carbons (Fsp3) is 0.640. The third-order valence-electron chi connectivity index (χ3n) is 12.6. The molecular weight excluding hydrogens is 837 g/mol. The summed E-state index contributed by atoms with van der Waals surface area (Å²) in [7, 11) is -2.40. The molecule has 4 atom stereocenters. The Morgan fingerprint density at radius 2 is 1.68 bits per heavy atom. The molecule has 0 N–H and O–H groups in total. The lowest BCUT2D eigenvalue weighted by atomic mass is 9.75. The SMILES string of the molecule is CCCCOC(=O)c1c(C2CCCC2COc2ccc(C[C@H]3[C@@H](CN(CC(C)C)S(=O)(=O)c4ccc(OC)cc4)OC(C)(C)N3C(=O)OC(C)(C)C)cc2)sc2c1CC(C)(C)CC2. The number of aryl methyl sites for hydroxylation is 1. The van der Waals surface area contributed by atoms with E-state index in [-0.39, 0.29) is 47.1 Å². The molecule has 6 rings (SSSR count). The second-order valence-electron chi connectivity index (χ2n) is 20.4. The second kappa shape index (κ2) is 19.8. The van der Waals surface area contributed by atoms with E-state index in [4.69, 9.17) is 23.7 Å². The van der Waals surface area contributed by atoms with Gasteiger partial charge in [0, 0.05) is 34.7 Å². The van der Waals surface area contributed by atoms with Crippen LogP contribution >= 0.6 is 11.3 Å². The summed E-state index contributed by atoms with van der Waals surface area (Å²) in [5.41, 5.74) is 1.30. The van der Waals surface area contributed by atoms with Gasteiger partial charge < -0.3 is 23.7 Å². The molecule has 3 aliphatic rings. The molecule has 1 amide bonds. The van der Waals surface area contributed by atoms with Crippen LogP contribution in [-0.2, 0) is 43.5 Å². The first-order valence-electron chi connectivity index (χ1n) is 23.0. The predicted octanol–water partition coefficient (Wildman–Crippen LogP) is 10.8. The van der Waals surface area contributed by atoms with Crippen LogP contribution in [0.3, 0.4) is 0 Å². The van der Waals surface area contributed by atoms with Crippen molar-refractivity contribution >= 4 is 33.4 Å². The first-order valence-corrected chi connectivity index (χ1v) is 25.3. The molecule has 0 bridgehead atoms. The molecule has 13 heteroatoms. The maximum absolute atomic E-state index is 14.2. The van der Waals surface area contributed by atoms with Gasteiger partial charge in [0.25, 0.3) is 0 Å². The smallest absolute Gasteiger partial charge is 0.412 e. The fourth-order valence-corrected chi connectivity index (χ4v) is 12.6. The van der Waals surface area contributed by atoms with Gasteiger partial charge >= 0.3 is 12.1 Å². The quantitative estimate of drug-likeness (QED) is 0.0963. The number of carbonyl (C=O) groups is 2. The number of carbonyl (C=O) groups excluding carboxylic acids is 2. The Kier molecular flexibility index (Phi) is 15.4. The molecular formula is C50H72N2O9S2. The van der Waals surface area contributed by atoms with Crippen LogP contribution in [-0.4, -0.2) is 86.6 Å². The van der Waals surface area contributed by atoms with Crippen molar-refractivity contribution in [2.24, 2.45) is 17.3 Å². The summed E-state index contributed by atoms with van der Waals surface area (Å²) in [6.07, 6.45) is 7.20. The molecule has 3 aromatic rings. The average molecular weight is 909 g/mol. The molecule has 1 aliphatic heterocycles. The van der Waals surface area contributed by atoms with Crippen LogP contribution in [0.5, 0.6) is 11.5 Å². The fourth-order valence-electron chi connectivity index (χ4n) is 9.45. The normalized spacial score (nSPS) is 22.0. The van der Waals surface area contributed by atoms with E-state index in [1.807, 2.05) is 84.1 Å². The zero-order chi connectivity index (χ0) is 45.9. The van der Waals surface area contributed by atoms with Crippen LogP contribution in [0.15, 0.2) is 53.4 Å². The van der Waals surface area contributed by atoms with Crippen LogP contribution in [0, 0.1) is 17.3 Å². The summed E-state index contributed by atoms with van der Waals surface area (Å²) in [6.45, 7) is 21.1. The Morgan fingerprint density at radius 3 is 2.32 bits per heavy atom. The molecule has 0 radical (unpaired) electrons. The third-order valence-corrected chi connectivity index (χ3v) is 15.9. The summed E-state index contributed by atoms with van der Waals surface area (Å²) in [6, 6.07) is 13.8. The number of nitrogens with zero attached hydrogens (tertiary/aromatic N) is 2. The minimum atomic E-state index is -3.94. The number of unbranched alkanes of at least 4 members (excludes halogenated alkanes) is 1. The van der Waals surface area contributed by atoms with E-state index in [2.05, 4.69) is 20.8 Å². The van der Waals surface area contributed by atoms with Crippen molar-refractivity contribution in [2.75, 3.05) is 33.4 Å². The van der Waals surface area contributed by atoms with Gasteiger partial charge in [-0.15, -0.1) is 11.3 Å². The van der Waals surface area contributed by atoms with Crippen molar-refractivity contribution in [1.82, 2.24) is 9.21 Å². The Morgan fingerprint density at radius 1 is 1.00 bits per heavy atom. The van der Waals surface area contributed by atoms with Crippen molar-refractivity contribution in [3.05, 3.63) is 75.0 Å². The van der Waals surface area contributed by atoms with Crippen molar-refractivity contribution in [1.29, 1.82) is 0 Å². The Labute approximate surface area is 381 Å². The topological polar surface area (TPSA) is 121 Å². The Bertz CT molecular complexity index is 2140. The molecule has 11 nitrogen and oxygen atoms in total. The van der Waals surface area contributed by atoms with E-state index < -0.39 is 39.6 Å².